The van der Waals surface area contributed by atoms with E-state index in [4.69, 9.17) is 0 Å². The summed E-state index contributed by atoms with van der Waals surface area (Å²) >= 11 is 3.06. The fraction of sp³-hybridized carbons (Fsp3) is 0.182. The Morgan fingerprint density at radius 3 is 1.40 bits per heavy atom. The van der Waals surface area contributed by atoms with Gasteiger partial charge in [-0.15, -0.1) is 20.4 Å². The van der Waals surface area contributed by atoms with E-state index in [0.717, 1.165) is 43.2 Å². The van der Waals surface area contributed by atoms with Gasteiger partial charge in [0.05, 0.1) is 11.0 Å². The lowest BCUT2D eigenvalue weighted by atomic mass is 10.0. The molecule has 0 saturated heterocycles. The van der Waals surface area contributed by atoms with Crippen molar-refractivity contribution in [1.82, 2.24) is 39.5 Å². The van der Waals surface area contributed by atoms with Crippen molar-refractivity contribution in [1.29, 1.82) is 0 Å². The van der Waals surface area contributed by atoms with E-state index < -0.39 is 11.6 Å². The molecule has 0 spiro atoms. The number of carbonyl (C=O) groups excluding carboxylic acids is 2. The van der Waals surface area contributed by atoms with E-state index >= 15 is 0 Å². The van der Waals surface area contributed by atoms with Crippen LogP contribution >= 0.6 is 23.5 Å². The van der Waals surface area contributed by atoms with Crippen LogP contribution in [-0.2, 0) is 26.9 Å². The van der Waals surface area contributed by atoms with Crippen molar-refractivity contribution in [2.45, 2.75) is 47.5 Å². The highest BCUT2D eigenvalue weighted by molar-refractivity contribution is 7.99. The monoisotopic (exact) mass is 812 g/mol. The van der Waals surface area contributed by atoms with Gasteiger partial charge in [0.2, 0.25) is 0 Å². The molecule has 0 N–H and O–H groups in total. The van der Waals surface area contributed by atoms with Gasteiger partial charge in [-0.3, -0.25) is 9.59 Å². The number of hydrogen-bond acceptors (Lipinski definition) is 10. The number of aryl methyl sites for hydroxylation is 2. The Morgan fingerprint density at radius 1 is 0.586 bits per heavy atom. The van der Waals surface area contributed by atoms with E-state index in [1.165, 1.54) is 35.7 Å². The highest BCUT2D eigenvalue weighted by atomic mass is 32.2. The maximum atomic E-state index is 14.4. The summed E-state index contributed by atoms with van der Waals surface area (Å²) in [6.45, 7) is 4.03. The molecule has 0 saturated carbocycles. The van der Waals surface area contributed by atoms with E-state index in [0.29, 0.717) is 22.5 Å². The van der Waals surface area contributed by atoms with Gasteiger partial charge in [0.25, 0.3) is 0 Å². The van der Waals surface area contributed by atoms with Crippen LogP contribution in [0.25, 0.3) is 21.8 Å². The molecule has 4 heterocycles. The van der Waals surface area contributed by atoms with Crippen LogP contribution in [0.15, 0.2) is 132 Å². The molecule has 0 aliphatic heterocycles. The molecule has 0 fully saturated rings. The number of para-hydroxylation sites is 2. The van der Waals surface area contributed by atoms with Crippen molar-refractivity contribution < 1.29 is 18.4 Å². The summed E-state index contributed by atoms with van der Waals surface area (Å²) in [6.07, 6.45) is 3.21. The summed E-state index contributed by atoms with van der Waals surface area (Å²) < 4.78 is 32.5. The third-order valence-corrected chi connectivity index (χ3v) is 11.9. The molecule has 2 atom stereocenters. The summed E-state index contributed by atoms with van der Waals surface area (Å²) in [5.41, 5.74) is 4.77. The number of hydrogen-bond donors (Lipinski definition) is 0. The van der Waals surface area contributed by atoms with Gasteiger partial charge in [0.1, 0.15) is 35.7 Å². The number of rotatable bonds is 12. The SMILES string of the molecule is C[C@@H](Sc1nncn1C)c1ccc(F)c(CC(=O)c2ccc3ccccc3n2)c1.C[C@H](Sc1nncn1C)c1ccc(F)c(CC(=O)c2ccc3ccccc3n2)c1. The molecule has 4 aromatic heterocycles. The predicted molar refractivity (Wildman–Crippen MR) is 223 cm³/mol. The van der Waals surface area contributed by atoms with Crippen molar-refractivity contribution in [3.8, 4) is 0 Å². The van der Waals surface area contributed by atoms with Crippen molar-refractivity contribution in [2.24, 2.45) is 14.1 Å². The van der Waals surface area contributed by atoms with Crippen LogP contribution in [0.5, 0.6) is 0 Å². The minimum atomic E-state index is -0.390. The summed E-state index contributed by atoms with van der Waals surface area (Å²) in [6, 6.07) is 32.1. The number of ketones is 2. The topological polar surface area (TPSA) is 121 Å². The van der Waals surface area contributed by atoms with Gasteiger partial charge in [-0.2, -0.15) is 0 Å². The Bertz CT molecular complexity index is 2570. The Hall–Kier alpha value is -6.12. The van der Waals surface area contributed by atoms with Gasteiger partial charge in [-0.05, 0) is 72.5 Å². The maximum Gasteiger partial charge on any atom is 0.191 e. The van der Waals surface area contributed by atoms with Crippen molar-refractivity contribution >= 4 is 56.9 Å². The van der Waals surface area contributed by atoms with Crippen molar-refractivity contribution in [3.05, 3.63) is 167 Å². The predicted octanol–water partition coefficient (Wildman–Crippen LogP) is 9.56. The van der Waals surface area contributed by atoms with Crippen LogP contribution in [0.1, 0.15) is 67.6 Å². The molecule has 0 aliphatic rings. The summed E-state index contributed by atoms with van der Waals surface area (Å²) in [4.78, 5) is 34.3. The number of fused-ring (bicyclic) bond motifs is 2. The quantitative estimate of drug-likeness (QED) is 0.0871. The van der Waals surface area contributed by atoms with E-state index in [1.54, 1.807) is 49.1 Å². The van der Waals surface area contributed by atoms with Crippen LogP contribution in [0.4, 0.5) is 8.78 Å². The molecule has 58 heavy (non-hydrogen) atoms. The Kier molecular flexibility index (Phi) is 12.4. The number of nitrogens with zero attached hydrogens (tertiary/aromatic N) is 8. The molecule has 10 nitrogen and oxygen atoms in total. The van der Waals surface area contributed by atoms with E-state index in [9.17, 15) is 18.4 Å². The van der Waals surface area contributed by atoms with Crippen LogP contribution in [0.3, 0.4) is 0 Å². The lowest BCUT2D eigenvalue weighted by Gasteiger charge is -2.13. The number of carbonyl (C=O) groups is 2. The van der Waals surface area contributed by atoms with Crippen LogP contribution in [0.2, 0.25) is 0 Å². The summed E-state index contributed by atoms with van der Waals surface area (Å²) in [7, 11) is 3.75. The minimum Gasteiger partial charge on any atom is -0.312 e. The van der Waals surface area contributed by atoms with Gasteiger partial charge in [0, 0.05) is 48.2 Å². The second-order valence-corrected chi connectivity index (χ2v) is 16.3. The Labute approximate surface area is 342 Å². The smallest absolute Gasteiger partial charge is 0.191 e. The molecule has 8 aromatic rings. The van der Waals surface area contributed by atoms with Gasteiger partial charge in [0.15, 0.2) is 21.9 Å². The molecule has 4 aromatic carbocycles. The Morgan fingerprint density at radius 2 is 1.00 bits per heavy atom. The molecule has 14 heteroatoms. The molecule has 0 unspecified atom stereocenters. The molecule has 0 bridgehead atoms. The summed E-state index contributed by atoms with van der Waals surface area (Å²) in [5.74, 6) is -1.20. The zero-order chi connectivity index (χ0) is 40.8. The first kappa shape index (κ1) is 40.1. The number of aromatic nitrogens is 8. The van der Waals surface area contributed by atoms with Crippen LogP contribution in [-0.4, -0.2) is 51.1 Å². The van der Waals surface area contributed by atoms with Crippen molar-refractivity contribution in [2.75, 3.05) is 0 Å². The average molecular weight is 813 g/mol. The first-order valence-electron chi connectivity index (χ1n) is 18.4. The normalized spacial score (nSPS) is 12.2. The zero-order valence-electron chi connectivity index (χ0n) is 32.1. The highest BCUT2D eigenvalue weighted by Gasteiger charge is 2.19. The van der Waals surface area contributed by atoms with Crippen LogP contribution in [0, 0.1) is 11.6 Å². The van der Waals surface area contributed by atoms with E-state index in [-0.39, 0.29) is 34.9 Å². The van der Waals surface area contributed by atoms with E-state index in [2.05, 4.69) is 30.4 Å². The minimum absolute atomic E-state index is 0.0335. The molecular weight excluding hydrogens is 775 g/mol. The number of halogens is 2. The third kappa shape index (κ3) is 9.52. The first-order valence-corrected chi connectivity index (χ1v) is 20.1. The molecule has 0 aliphatic carbocycles. The van der Waals surface area contributed by atoms with E-state index in [1.807, 2.05) is 97.7 Å². The third-order valence-electron chi connectivity index (χ3n) is 9.45. The number of pyridine rings is 2. The fourth-order valence-corrected chi connectivity index (χ4v) is 7.96. The van der Waals surface area contributed by atoms with Gasteiger partial charge < -0.3 is 9.13 Å². The zero-order valence-corrected chi connectivity index (χ0v) is 33.7. The molecule has 0 amide bonds. The second kappa shape index (κ2) is 18.0. The van der Waals surface area contributed by atoms with Gasteiger partial charge >= 0.3 is 0 Å². The average Bonchev–Trinajstić information content (AvgIpc) is 3.84. The summed E-state index contributed by atoms with van der Waals surface area (Å²) in [5, 5.41) is 19.4. The molecular formula is C44H38F2N8O2S2. The number of thioether (sulfide) groups is 2. The Balaban J connectivity index is 0.000000177. The van der Waals surface area contributed by atoms with Crippen molar-refractivity contribution in [3.63, 3.8) is 0 Å². The molecule has 0 radical (unpaired) electrons. The largest absolute Gasteiger partial charge is 0.312 e. The highest BCUT2D eigenvalue weighted by Crippen LogP contribution is 2.35. The standard InChI is InChI=1S/2C22H19FN4OS/c2*1-14(29-22-26-24-13-27(22)2)16-7-9-18(23)17(11-16)12-21(28)20-10-8-15-5-3-4-6-19(15)25-20/h2*3-11,13-14H,12H2,1-2H3/t2*14-/m10/s1. The maximum absolute atomic E-state index is 14.4. The number of Topliss-reactive ketones (excluding diaryl/α,β-unsaturated/α-hetero) is 2. The fourth-order valence-electron chi connectivity index (χ4n) is 6.15. The molecule has 292 valence electrons. The van der Waals surface area contributed by atoms with Gasteiger partial charge in [-0.25, -0.2) is 18.7 Å². The van der Waals surface area contributed by atoms with Gasteiger partial charge in [-0.1, -0.05) is 96.3 Å². The van der Waals surface area contributed by atoms with Crippen LogP contribution < -0.4 is 0 Å². The number of benzene rings is 4. The lowest BCUT2D eigenvalue weighted by molar-refractivity contribution is 0.0979. The lowest BCUT2D eigenvalue weighted by Crippen LogP contribution is -2.08. The second-order valence-electron chi connectivity index (χ2n) is 13.6. The first-order chi connectivity index (χ1) is 28.0. The molecule has 8 rings (SSSR count).